The summed E-state index contributed by atoms with van der Waals surface area (Å²) in [4.78, 5) is 2.61. The van der Waals surface area contributed by atoms with Crippen molar-refractivity contribution >= 4 is 15.9 Å². The summed E-state index contributed by atoms with van der Waals surface area (Å²) in [5.41, 5.74) is 1.34. The monoisotopic (exact) mass is 354 g/mol. The van der Waals surface area contributed by atoms with Gasteiger partial charge in [-0.05, 0) is 57.3 Å². The summed E-state index contributed by atoms with van der Waals surface area (Å²) in [6.07, 6.45) is 5.78. The molecule has 1 fully saturated rings. The third-order valence-corrected chi connectivity index (χ3v) is 5.25. The third kappa shape index (κ3) is 4.78. The number of nitrogens with zero attached hydrogens (tertiary/aromatic N) is 1. The average Bonchev–Trinajstić information content (AvgIpc) is 2.95. The van der Waals surface area contributed by atoms with Gasteiger partial charge in [-0.1, -0.05) is 34.1 Å². The zero-order chi connectivity index (χ0) is 15.1. The third-order valence-electron chi connectivity index (χ3n) is 4.53. The molecule has 0 bridgehead atoms. The highest BCUT2D eigenvalue weighted by Gasteiger charge is 2.24. The highest BCUT2D eigenvalue weighted by Crippen LogP contribution is 2.27. The van der Waals surface area contributed by atoms with Gasteiger partial charge in [0.1, 0.15) is 0 Å². The second-order valence-corrected chi connectivity index (χ2v) is 6.70. The molecule has 1 heterocycles. The Hall–Kier alpha value is -0.420. The van der Waals surface area contributed by atoms with Crippen molar-refractivity contribution in [3.8, 4) is 0 Å². The molecule has 0 radical (unpaired) electrons. The normalized spacial score (nSPS) is 20.8. The van der Waals surface area contributed by atoms with Crippen LogP contribution in [0.2, 0.25) is 0 Å². The predicted molar refractivity (Wildman–Crippen MR) is 91.5 cm³/mol. The molecule has 0 saturated carbocycles. The molecule has 1 aromatic rings. The van der Waals surface area contributed by atoms with Gasteiger partial charge in [0.2, 0.25) is 0 Å². The van der Waals surface area contributed by atoms with Gasteiger partial charge >= 0.3 is 0 Å². The molecule has 0 aromatic heterocycles. The number of benzene rings is 1. The van der Waals surface area contributed by atoms with E-state index >= 15 is 0 Å². The van der Waals surface area contributed by atoms with E-state index in [0.29, 0.717) is 18.7 Å². The van der Waals surface area contributed by atoms with Crippen LogP contribution in [-0.2, 0) is 0 Å². The fraction of sp³-hybridized carbons (Fsp3) is 0.647. The van der Waals surface area contributed by atoms with Gasteiger partial charge in [-0.25, -0.2) is 0 Å². The smallest absolute Gasteiger partial charge is 0.0431 e. The van der Waals surface area contributed by atoms with Crippen molar-refractivity contribution in [3.63, 3.8) is 0 Å². The summed E-state index contributed by atoms with van der Waals surface area (Å²) in [7, 11) is 2.04. The van der Waals surface area contributed by atoms with E-state index in [4.69, 9.17) is 5.11 Å². The van der Waals surface area contributed by atoms with Crippen LogP contribution in [-0.4, -0.2) is 42.8 Å². The fourth-order valence-corrected chi connectivity index (χ4v) is 3.91. The Labute approximate surface area is 136 Å². The second-order valence-electron chi connectivity index (χ2n) is 5.85. The molecule has 21 heavy (non-hydrogen) atoms. The lowest BCUT2D eigenvalue weighted by Crippen LogP contribution is -2.33. The van der Waals surface area contributed by atoms with E-state index in [1.54, 1.807) is 0 Å². The maximum Gasteiger partial charge on any atom is 0.0431 e. The Morgan fingerprint density at radius 3 is 2.95 bits per heavy atom. The minimum absolute atomic E-state index is 0.320. The zero-order valence-electron chi connectivity index (χ0n) is 12.9. The number of nitrogens with one attached hydrogen (secondary N) is 1. The van der Waals surface area contributed by atoms with Crippen LogP contribution in [0.3, 0.4) is 0 Å². The number of aliphatic hydroxyl groups excluding tert-OH is 1. The molecule has 2 N–H and O–H groups in total. The second kappa shape index (κ2) is 8.89. The number of halogens is 1. The number of likely N-dealkylation sites (tertiary alicyclic amines) is 1. The Kier molecular flexibility index (Phi) is 7.17. The van der Waals surface area contributed by atoms with E-state index in [1.807, 2.05) is 7.05 Å². The van der Waals surface area contributed by atoms with Gasteiger partial charge in [-0.2, -0.15) is 0 Å². The van der Waals surface area contributed by atoms with Crippen LogP contribution in [0, 0.1) is 0 Å². The molecule has 4 heteroatoms. The van der Waals surface area contributed by atoms with Crippen molar-refractivity contribution in [1.29, 1.82) is 0 Å². The number of hydrogen-bond donors (Lipinski definition) is 2. The van der Waals surface area contributed by atoms with Crippen molar-refractivity contribution < 1.29 is 5.11 Å². The zero-order valence-corrected chi connectivity index (χ0v) is 14.5. The van der Waals surface area contributed by atoms with Crippen molar-refractivity contribution in [3.05, 3.63) is 34.3 Å². The molecule has 118 valence electrons. The van der Waals surface area contributed by atoms with Gasteiger partial charge in [-0.3, -0.25) is 0 Å². The van der Waals surface area contributed by atoms with Crippen molar-refractivity contribution in [1.82, 2.24) is 10.2 Å². The minimum atomic E-state index is 0.320. The topological polar surface area (TPSA) is 35.5 Å². The van der Waals surface area contributed by atoms with E-state index in [9.17, 15) is 0 Å². The average molecular weight is 355 g/mol. The standard InChI is InChI=1S/C17H27BrN2O/c1-19-17(15-8-2-3-9-16(15)18)10-12-20-11-4-6-14(20)7-5-13-21/h2-3,8-9,14,17,19,21H,4-7,10-13H2,1H3. The first-order chi connectivity index (χ1) is 10.3. The van der Waals surface area contributed by atoms with Gasteiger partial charge in [0.15, 0.2) is 0 Å². The first kappa shape index (κ1) is 16.9. The first-order valence-corrected chi connectivity index (χ1v) is 8.82. The summed E-state index contributed by atoms with van der Waals surface area (Å²) in [6.45, 7) is 2.66. The molecule has 1 saturated heterocycles. The Balaban J connectivity index is 1.89. The van der Waals surface area contributed by atoms with Crippen LogP contribution in [0.1, 0.15) is 43.7 Å². The summed E-state index contributed by atoms with van der Waals surface area (Å²) in [5.74, 6) is 0. The van der Waals surface area contributed by atoms with Gasteiger partial charge < -0.3 is 15.3 Å². The highest BCUT2D eigenvalue weighted by atomic mass is 79.9. The molecule has 1 aliphatic rings. The maximum atomic E-state index is 9.01. The van der Waals surface area contributed by atoms with E-state index in [-0.39, 0.29) is 0 Å². The highest BCUT2D eigenvalue weighted by molar-refractivity contribution is 9.10. The Morgan fingerprint density at radius 1 is 1.43 bits per heavy atom. The van der Waals surface area contributed by atoms with Crippen LogP contribution in [0.5, 0.6) is 0 Å². The number of rotatable bonds is 8. The van der Waals surface area contributed by atoms with Crippen LogP contribution in [0.25, 0.3) is 0 Å². The summed E-state index contributed by atoms with van der Waals surface area (Å²) >= 11 is 3.66. The van der Waals surface area contributed by atoms with Crippen molar-refractivity contribution in [2.75, 3.05) is 26.7 Å². The molecule has 1 aromatic carbocycles. The molecular formula is C17H27BrN2O. The largest absolute Gasteiger partial charge is 0.396 e. The summed E-state index contributed by atoms with van der Waals surface area (Å²) in [6, 6.07) is 9.53. The van der Waals surface area contributed by atoms with Gasteiger partial charge in [0, 0.05) is 29.7 Å². The quantitative estimate of drug-likeness (QED) is 0.751. The molecule has 3 nitrogen and oxygen atoms in total. The van der Waals surface area contributed by atoms with E-state index in [0.717, 1.165) is 25.8 Å². The molecule has 0 spiro atoms. The lowest BCUT2D eigenvalue weighted by atomic mass is 10.0. The van der Waals surface area contributed by atoms with Crippen molar-refractivity contribution in [2.24, 2.45) is 0 Å². The molecule has 2 unspecified atom stereocenters. The van der Waals surface area contributed by atoms with Gasteiger partial charge in [0.25, 0.3) is 0 Å². The molecule has 2 atom stereocenters. The lowest BCUT2D eigenvalue weighted by Gasteiger charge is -2.27. The Morgan fingerprint density at radius 2 is 2.24 bits per heavy atom. The molecule has 0 amide bonds. The summed E-state index contributed by atoms with van der Waals surface area (Å²) < 4.78 is 1.18. The van der Waals surface area contributed by atoms with Crippen LogP contribution < -0.4 is 5.32 Å². The minimum Gasteiger partial charge on any atom is -0.396 e. The maximum absolute atomic E-state index is 9.01. The molecule has 0 aliphatic carbocycles. The van der Waals surface area contributed by atoms with Crippen molar-refractivity contribution in [2.45, 2.75) is 44.2 Å². The van der Waals surface area contributed by atoms with Crippen LogP contribution in [0.4, 0.5) is 0 Å². The summed E-state index contributed by atoms with van der Waals surface area (Å²) in [5, 5.41) is 12.5. The van der Waals surface area contributed by atoms with Crippen LogP contribution >= 0.6 is 15.9 Å². The molecular weight excluding hydrogens is 328 g/mol. The predicted octanol–water partition coefficient (Wildman–Crippen LogP) is 3.34. The van der Waals surface area contributed by atoms with E-state index < -0.39 is 0 Å². The number of hydrogen-bond acceptors (Lipinski definition) is 3. The SMILES string of the molecule is CNC(CCN1CCCC1CCCO)c1ccccc1Br. The lowest BCUT2D eigenvalue weighted by molar-refractivity contribution is 0.208. The van der Waals surface area contributed by atoms with Crippen LogP contribution in [0.15, 0.2) is 28.7 Å². The molecule has 1 aliphatic heterocycles. The van der Waals surface area contributed by atoms with E-state index in [2.05, 4.69) is 50.4 Å². The number of aliphatic hydroxyl groups is 1. The molecule has 2 rings (SSSR count). The van der Waals surface area contributed by atoms with E-state index in [1.165, 1.54) is 29.4 Å². The first-order valence-electron chi connectivity index (χ1n) is 8.03. The Bertz CT molecular complexity index is 427. The van der Waals surface area contributed by atoms with Gasteiger partial charge in [0.05, 0.1) is 0 Å². The van der Waals surface area contributed by atoms with Gasteiger partial charge in [-0.15, -0.1) is 0 Å². The fourth-order valence-electron chi connectivity index (χ4n) is 3.35.